The molecule has 0 aliphatic rings. The fourth-order valence-corrected chi connectivity index (χ4v) is 3.39. The lowest BCUT2D eigenvalue weighted by Crippen LogP contribution is -2.20. The highest BCUT2D eigenvalue weighted by atomic mass is 127. The zero-order valence-corrected chi connectivity index (χ0v) is 20.0. The molecule has 0 saturated heterocycles. The van der Waals surface area contributed by atoms with Gasteiger partial charge in [-0.15, -0.1) is 0 Å². The van der Waals surface area contributed by atoms with E-state index in [4.69, 9.17) is 0 Å². The summed E-state index contributed by atoms with van der Waals surface area (Å²) >= 11 is 2.22. The number of aryl methyl sites for hydroxylation is 1. The van der Waals surface area contributed by atoms with Crippen molar-refractivity contribution in [1.29, 1.82) is 0 Å². The van der Waals surface area contributed by atoms with Crippen LogP contribution in [0.25, 0.3) is 6.08 Å². The van der Waals surface area contributed by atoms with Crippen molar-refractivity contribution in [3.63, 3.8) is 0 Å². The van der Waals surface area contributed by atoms with Crippen LogP contribution in [0.1, 0.15) is 56.2 Å². The van der Waals surface area contributed by atoms with Crippen LogP contribution in [-0.4, -0.2) is 18.0 Å². The first-order valence-corrected chi connectivity index (χ1v) is 11.0. The minimum atomic E-state index is -0.296. The number of nitrogens with zero attached hydrogens (tertiary/aromatic N) is 1. The molecule has 158 valence electrons. The molecule has 0 spiro atoms. The van der Waals surface area contributed by atoms with Gasteiger partial charge in [-0.05, 0) is 82.8 Å². The van der Waals surface area contributed by atoms with Gasteiger partial charge in [0.2, 0.25) is 11.8 Å². The summed E-state index contributed by atoms with van der Waals surface area (Å²) in [4.78, 5) is 24.0. The average molecular weight is 517 g/mol. The molecule has 2 aromatic rings. The number of rotatable bonds is 8. The smallest absolute Gasteiger partial charge is 0.240 e. The number of carbonyl (C=O) groups excluding carboxylic acids is 2. The third-order valence-electron chi connectivity index (χ3n) is 4.50. The maximum Gasteiger partial charge on any atom is 0.240 e. The van der Waals surface area contributed by atoms with Crippen LogP contribution in [-0.2, 0) is 9.59 Å². The van der Waals surface area contributed by atoms with Crippen molar-refractivity contribution in [2.45, 2.75) is 46.5 Å². The third-order valence-corrected chi connectivity index (χ3v) is 5.17. The van der Waals surface area contributed by atoms with E-state index >= 15 is 0 Å². The molecule has 6 heteroatoms. The molecular formula is C24H28IN3O2. The fraction of sp³-hybridized carbons (Fsp3) is 0.292. The van der Waals surface area contributed by atoms with Gasteiger partial charge in [0.05, 0.1) is 6.21 Å². The number of allylic oxidation sites excluding steroid dienone is 1. The summed E-state index contributed by atoms with van der Waals surface area (Å²) in [5, 5.41) is 6.81. The molecule has 0 radical (unpaired) electrons. The van der Waals surface area contributed by atoms with E-state index in [0.717, 1.165) is 26.0 Å². The Hall–Kier alpha value is -2.48. The first-order valence-electron chi connectivity index (χ1n) is 9.90. The molecule has 0 saturated carbocycles. The van der Waals surface area contributed by atoms with Crippen LogP contribution >= 0.6 is 22.6 Å². The SMILES string of the molecule is CC(C=NNC(=O)CCC(=O)Nc1ccc(I)cc1C)=Cc1ccc(C(C)C)cc1. The van der Waals surface area contributed by atoms with E-state index in [0.29, 0.717) is 5.92 Å². The molecule has 0 heterocycles. The van der Waals surface area contributed by atoms with Gasteiger partial charge in [-0.2, -0.15) is 5.10 Å². The molecule has 2 rings (SSSR count). The van der Waals surface area contributed by atoms with Crippen LogP contribution in [0.3, 0.4) is 0 Å². The summed E-state index contributed by atoms with van der Waals surface area (Å²) in [6.07, 6.45) is 3.77. The lowest BCUT2D eigenvalue weighted by molar-refractivity contribution is -0.124. The zero-order chi connectivity index (χ0) is 22.1. The quantitative estimate of drug-likeness (QED) is 0.270. The van der Waals surface area contributed by atoms with Crippen molar-refractivity contribution < 1.29 is 9.59 Å². The van der Waals surface area contributed by atoms with Gasteiger partial charge in [-0.3, -0.25) is 9.59 Å². The predicted octanol–water partition coefficient (Wildman–Crippen LogP) is 5.65. The van der Waals surface area contributed by atoms with Crippen molar-refractivity contribution in [1.82, 2.24) is 5.43 Å². The molecule has 0 aromatic heterocycles. The molecular weight excluding hydrogens is 489 g/mol. The van der Waals surface area contributed by atoms with E-state index < -0.39 is 0 Å². The molecule has 2 N–H and O–H groups in total. The van der Waals surface area contributed by atoms with E-state index in [2.05, 4.69) is 76.5 Å². The van der Waals surface area contributed by atoms with E-state index in [-0.39, 0.29) is 24.7 Å². The predicted molar refractivity (Wildman–Crippen MR) is 133 cm³/mol. The number of nitrogens with one attached hydrogen (secondary N) is 2. The van der Waals surface area contributed by atoms with E-state index in [9.17, 15) is 9.59 Å². The minimum Gasteiger partial charge on any atom is -0.326 e. The molecule has 30 heavy (non-hydrogen) atoms. The van der Waals surface area contributed by atoms with Crippen LogP contribution in [0.4, 0.5) is 5.69 Å². The largest absolute Gasteiger partial charge is 0.326 e. The molecule has 5 nitrogen and oxygen atoms in total. The summed E-state index contributed by atoms with van der Waals surface area (Å²) in [6, 6.07) is 14.2. The lowest BCUT2D eigenvalue weighted by atomic mass is 10.0. The van der Waals surface area contributed by atoms with Gasteiger partial charge < -0.3 is 5.32 Å². The Labute approximate surface area is 192 Å². The van der Waals surface area contributed by atoms with Gasteiger partial charge in [0, 0.05) is 22.1 Å². The van der Waals surface area contributed by atoms with Crippen molar-refractivity contribution in [3.8, 4) is 0 Å². The zero-order valence-electron chi connectivity index (χ0n) is 17.8. The molecule has 0 aliphatic carbocycles. The Morgan fingerprint density at radius 3 is 2.37 bits per heavy atom. The van der Waals surface area contributed by atoms with Gasteiger partial charge in [-0.25, -0.2) is 5.43 Å². The lowest BCUT2D eigenvalue weighted by Gasteiger charge is -2.08. The Morgan fingerprint density at radius 2 is 1.73 bits per heavy atom. The molecule has 0 atom stereocenters. The van der Waals surface area contributed by atoms with Crippen LogP contribution in [0, 0.1) is 10.5 Å². The number of hydrazone groups is 1. The van der Waals surface area contributed by atoms with E-state index in [1.54, 1.807) is 6.21 Å². The number of halogens is 1. The standard InChI is InChI=1S/C24H28IN3O2/c1-16(2)20-7-5-19(6-8-20)13-17(3)15-26-28-24(30)12-11-23(29)27-22-10-9-21(25)14-18(22)4/h5-10,13-16H,11-12H2,1-4H3,(H,27,29)(H,28,30). The number of amides is 2. The normalized spacial score (nSPS) is 11.7. The van der Waals surface area contributed by atoms with Crippen molar-refractivity contribution in [2.24, 2.45) is 5.10 Å². The Morgan fingerprint density at radius 1 is 1.07 bits per heavy atom. The van der Waals surface area contributed by atoms with E-state index in [1.165, 1.54) is 5.56 Å². The molecule has 0 fully saturated rings. The maximum absolute atomic E-state index is 12.1. The fourth-order valence-electron chi connectivity index (χ4n) is 2.75. The Balaban J connectivity index is 1.77. The highest BCUT2D eigenvalue weighted by Gasteiger charge is 2.08. The highest BCUT2D eigenvalue weighted by molar-refractivity contribution is 14.1. The maximum atomic E-state index is 12.1. The van der Waals surface area contributed by atoms with Gasteiger partial charge >= 0.3 is 0 Å². The number of hydrogen-bond donors (Lipinski definition) is 2. The van der Waals surface area contributed by atoms with Crippen LogP contribution in [0.15, 0.2) is 53.1 Å². The summed E-state index contributed by atoms with van der Waals surface area (Å²) in [5.74, 6) is 0.0118. The minimum absolute atomic E-state index is 0.0754. The molecule has 0 unspecified atom stereocenters. The number of benzene rings is 2. The van der Waals surface area contributed by atoms with E-state index in [1.807, 2.05) is 38.1 Å². The summed E-state index contributed by atoms with van der Waals surface area (Å²) < 4.78 is 1.11. The second-order valence-corrected chi connectivity index (χ2v) is 8.76. The molecule has 2 aromatic carbocycles. The van der Waals surface area contributed by atoms with Crippen LogP contribution in [0.5, 0.6) is 0 Å². The summed E-state index contributed by atoms with van der Waals surface area (Å²) in [5.41, 5.74) is 7.52. The second kappa shape index (κ2) is 11.6. The van der Waals surface area contributed by atoms with Crippen molar-refractivity contribution in [2.75, 3.05) is 5.32 Å². The monoisotopic (exact) mass is 517 g/mol. The number of hydrogen-bond acceptors (Lipinski definition) is 3. The van der Waals surface area contributed by atoms with Crippen LogP contribution in [0.2, 0.25) is 0 Å². The first-order chi connectivity index (χ1) is 14.2. The number of anilines is 1. The average Bonchev–Trinajstić information content (AvgIpc) is 2.69. The second-order valence-electron chi connectivity index (χ2n) is 7.51. The topological polar surface area (TPSA) is 70.6 Å². The highest BCUT2D eigenvalue weighted by Crippen LogP contribution is 2.18. The molecule has 0 bridgehead atoms. The van der Waals surface area contributed by atoms with Gasteiger partial charge in [0.15, 0.2) is 0 Å². The number of carbonyl (C=O) groups is 2. The summed E-state index contributed by atoms with van der Waals surface area (Å²) in [7, 11) is 0. The molecule has 0 aliphatic heterocycles. The van der Waals surface area contributed by atoms with Gasteiger partial charge in [0.25, 0.3) is 0 Å². The van der Waals surface area contributed by atoms with Crippen molar-refractivity contribution in [3.05, 3.63) is 68.3 Å². The van der Waals surface area contributed by atoms with Crippen molar-refractivity contribution >= 4 is 52.4 Å². The first kappa shape index (κ1) is 23.8. The van der Waals surface area contributed by atoms with Gasteiger partial charge in [0.1, 0.15) is 0 Å². The van der Waals surface area contributed by atoms with Gasteiger partial charge in [-0.1, -0.05) is 44.2 Å². The summed E-state index contributed by atoms with van der Waals surface area (Å²) in [6.45, 7) is 8.19. The third kappa shape index (κ3) is 8.10. The molecule has 2 amide bonds. The Bertz CT molecular complexity index is 947. The van der Waals surface area contributed by atoms with Crippen LogP contribution < -0.4 is 10.7 Å². The Kier molecular flexibility index (Phi) is 9.23.